The van der Waals surface area contributed by atoms with Crippen molar-refractivity contribution in [3.8, 4) is 6.07 Å². The van der Waals surface area contributed by atoms with Gasteiger partial charge in [-0.2, -0.15) is 5.26 Å². The predicted octanol–water partition coefficient (Wildman–Crippen LogP) is 1.78. The minimum absolute atomic E-state index is 0.265. The Morgan fingerprint density at radius 2 is 1.80 bits per heavy atom. The highest BCUT2D eigenvalue weighted by molar-refractivity contribution is 5.76. The van der Waals surface area contributed by atoms with E-state index in [1.54, 1.807) is 6.92 Å². The maximum absolute atomic E-state index is 11.6. The van der Waals surface area contributed by atoms with E-state index >= 15 is 0 Å². The van der Waals surface area contributed by atoms with E-state index in [0.29, 0.717) is 5.92 Å². The van der Waals surface area contributed by atoms with E-state index in [-0.39, 0.29) is 11.6 Å². The van der Waals surface area contributed by atoms with Crippen LogP contribution in [0.2, 0.25) is 0 Å². The maximum Gasteiger partial charge on any atom is 0.316 e. The van der Waals surface area contributed by atoms with Crippen LogP contribution < -0.4 is 10.6 Å². The summed E-state index contributed by atoms with van der Waals surface area (Å²) in [4.78, 5) is 11.6. The molecule has 0 spiro atoms. The molecule has 1 fully saturated rings. The molecule has 0 bridgehead atoms. The van der Waals surface area contributed by atoms with Crippen LogP contribution in [-0.2, 0) is 0 Å². The van der Waals surface area contributed by atoms with E-state index in [9.17, 15) is 4.79 Å². The number of nitriles is 1. The van der Waals surface area contributed by atoms with Crippen LogP contribution in [0.4, 0.5) is 4.79 Å². The van der Waals surface area contributed by atoms with Crippen molar-refractivity contribution in [1.29, 1.82) is 5.26 Å². The van der Waals surface area contributed by atoms with Gasteiger partial charge in [0, 0.05) is 5.54 Å². The molecule has 1 atom stereocenters. The molecule has 0 heterocycles. The normalized spacial score (nSPS) is 19.9. The van der Waals surface area contributed by atoms with Gasteiger partial charge in [-0.1, -0.05) is 0 Å². The van der Waals surface area contributed by atoms with Crippen LogP contribution in [0.3, 0.4) is 0 Å². The summed E-state index contributed by atoms with van der Waals surface area (Å²) in [6, 6.07) is 1.92. The summed E-state index contributed by atoms with van der Waals surface area (Å²) in [5, 5.41) is 14.6. The molecule has 1 unspecified atom stereocenters. The van der Waals surface area contributed by atoms with Crippen molar-refractivity contribution in [2.75, 3.05) is 0 Å². The number of carbonyl (C=O) groups is 1. The second-order valence-electron chi connectivity index (χ2n) is 5.42. The average Bonchev–Trinajstić information content (AvgIpc) is 2.81. The Kier molecular flexibility index (Phi) is 2.94. The van der Waals surface area contributed by atoms with E-state index in [1.807, 2.05) is 20.8 Å². The summed E-state index contributed by atoms with van der Waals surface area (Å²) in [7, 11) is 0. The first-order chi connectivity index (χ1) is 6.77. The molecule has 0 radical (unpaired) electrons. The molecular formula is C11H19N3O. The molecule has 1 saturated carbocycles. The summed E-state index contributed by atoms with van der Waals surface area (Å²) in [5.74, 6) is 0.313. The van der Waals surface area contributed by atoms with E-state index in [4.69, 9.17) is 5.26 Å². The van der Waals surface area contributed by atoms with Crippen LogP contribution in [0.5, 0.6) is 0 Å². The summed E-state index contributed by atoms with van der Waals surface area (Å²) >= 11 is 0. The van der Waals surface area contributed by atoms with Gasteiger partial charge >= 0.3 is 6.03 Å². The number of nitrogens with zero attached hydrogens (tertiary/aromatic N) is 1. The van der Waals surface area contributed by atoms with Crippen LogP contribution in [0.1, 0.15) is 40.5 Å². The van der Waals surface area contributed by atoms with Gasteiger partial charge < -0.3 is 10.6 Å². The number of urea groups is 1. The summed E-state index contributed by atoms with van der Waals surface area (Å²) < 4.78 is 0. The highest BCUT2D eigenvalue weighted by Gasteiger charge is 2.43. The van der Waals surface area contributed by atoms with Crippen molar-refractivity contribution in [1.82, 2.24) is 10.6 Å². The molecule has 0 aromatic heterocycles. The van der Waals surface area contributed by atoms with Crippen molar-refractivity contribution < 1.29 is 4.79 Å². The van der Waals surface area contributed by atoms with E-state index < -0.39 is 5.54 Å². The minimum Gasteiger partial charge on any atom is -0.334 e. The van der Waals surface area contributed by atoms with Crippen molar-refractivity contribution in [3.05, 3.63) is 0 Å². The van der Waals surface area contributed by atoms with Crippen LogP contribution in [-0.4, -0.2) is 17.1 Å². The van der Waals surface area contributed by atoms with Gasteiger partial charge in [-0.05, 0) is 46.5 Å². The fraction of sp³-hybridized carbons (Fsp3) is 0.818. The first-order valence-electron chi connectivity index (χ1n) is 5.28. The first-order valence-corrected chi connectivity index (χ1v) is 5.28. The molecule has 0 aliphatic heterocycles. The monoisotopic (exact) mass is 209 g/mol. The Balaban J connectivity index is 2.53. The number of hydrogen-bond acceptors (Lipinski definition) is 2. The fourth-order valence-corrected chi connectivity index (χ4v) is 1.49. The van der Waals surface area contributed by atoms with Crippen LogP contribution in [0.15, 0.2) is 0 Å². The molecule has 15 heavy (non-hydrogen) atoms. The van der Waals surface area contributed by atoms with Gasteiger partial charge in [0.25, 0.3) is 0 Å². The fourth-order valence-electron chi connectivity index (χ4n) is 1.49. The zero-order chi connectivity index (χ0) is 11.7. The number of hydrogen-bond donors (Lipinski definition) is 2. The number of amides is 2. The van der Waals surface area contributed by atoms with Gasteiger partial charge in [0.05, 0.1) is 6.07 Å². The van der Waals surface area contributed by atoms with Crippen molar-refractivity contribution in [2.45, 2.75) is 51.6 Å². The summed E-state index contributed by atoms with van der Waals surface area (Å²) in [6.45, 7) is 7.52. The molecule has 0 saturated heterocycles. The standard InChI is InChI=1S/C11H19N3O/c1-10(2,3)13-9(15)14-11(4,7-12)8-5-6-8/h8H,5-6H2,1-4H3,(H2,13,14,15). The second kappa shape index (κ2) is 3.73. The predicted molar refractivity (Wildman–Crippen MR) is 58.2 cm³/mol. The Labute approximate surface area is 91.0 Å². The third-order valence-corrected chi connectivity index (χ3v) is 2.49. The van der Waals surface area contributed by atoms with Gasteiger partial charge in [0.2, 0.25) is 0 Å². The topological polar surface area (TPSA) is 64.9 Å². The van der Waals surface area contributed by atoms with Gasteiger partial charge in [-0.3, -0.25) is 0 Å². The second-order valence-corrected chi connectivity index (χ2v) is 5.42. The van der Waals surface area contributed by atoms with Crippen LogP contribution >= 0.6 is 0 Å². The van der Waals surface area contributed by atoms with Gasteiger partial charge in [0.1, 0.15) is 5.54 Å². The number of rotatable bonds is 2. The van der Waals surface area contributed by atoms with E-state index in [0.717, 1.165) is 12.8 Å². The third-order valence-electron chi connectivity index (χ3n) is 2.49. The zero-order valence-corrected chi connectivity index (χ0v) is 9.85. The largest absolute Gasteiger partial charge is 0.334 e. The Hall–Kier alpha value is -1.24. The zero-order valence-electron chi connectivity index (χ0n) is 9.85. The average molecular weight is 209 g/mol. The molecule has 84 valence electrons. The molecule has 0 aromatic rings. The van der Waals surface area contributed by atoms with Crippen LogP contribution in [0.25, 0.3) is 0 Å². The van der Waals surface area contributed by atoms with Crippen molar-refractivity contribution >= 4 is 6.03 Å². The third kappa shape index (κ3) is 3.43. The van der Waals surface area contributed by atoms with Gasteiger partial charge in [0.15, 0.2) is 0 Å². The highest BCUT2D eigenvalue weighted by Crippen LogP contribution is 2.39. The molecule has 0 aromatic carbocycles. The lowest BCUT2D eigenvalue weighted by Gasteiger charge is -2.27. The number of carbonyl (C=O) groups excluding carboxylic acids is 1. The lowest BCUT2D eigenvalue weighted by atomic mass is 9.98. The molecular weight excluding hydrogens is 190 g/mol. The Bertz CT molecular complexity index is 296. The summed E-state index contributed by atoms with van der Waals surface area (Å²) in [5.41, 5.74) is -0.987. The van der Waals surface area contributed by atoms with E-state index in [2.05, 4.69) is 16.7 Å². The lowest BCUT2D eigenvalue weighted by Crippen LogP contribution is -2.54. The molecule has 4 heteroatoms. The van der Waals surface area contributed by atoms with E-state index in [1.165, 1.54) is 0 Å². The van der Waals surface area contributed by atoms with Gasteiger partial charge in [-0.15, -0.1) is 0 Å². The van der Waals surface area contributed by atoms with Crippen molar-refractivity contribution in [2.24, 2.45) is 5.92 Å². The first kappa shape index (κ1) is 11.8. The molecule has 2 amide bonds. The highest BCUT2D eigenvalue weighted by atomic mass is 16.2. The summed E-state index contributed by atoms with van der Waals surface area (Å²) in [6.07, 6.45) is 2.06. The Morgan fingerprint density at radius 1 is 1.27 bits per heavy atom. The lowest BCUT2D eigenvalue weighted by molar-refractivity contribution is 0.222. The molecule has 1 rings (SSSR count). The molecule has 2 N–H and O–H groups in total. The number of nitrogens with one attached hydrogen (secondary N) is 2. The van der Waals surface area contributed by atoms with Crippen LogP contribution in [0, 0.1) is 17.2 Å². The Morgan fingerprint density at radius 3 is 2.13 bits per heavy atom. The van der Waals surface area contributed by atoms with Crippen molar-refractivity contribution in [3.63, 3.8) is 0 Å². The molecule has 1 aliphatic carbocycles. The molecule has 4 nitrogen and oxygen atoms in total. The SMILES string of the molecule is CC(C)(C)NC(=O)NC(C)(C#N)C1CC1. The van der Waals surface area contributed by atoms with Gasteiger partial charge in [-0.25, -0.2) is 4.79 Å². The maximum atomic E-state index is 11.6. The smallest absolute Gasteiger partial charge is 0.316 e. The molecule has 1 aliphatic rings. The quantitative estimate of drug-likeness (QED) is 0.728. The minimum atomic E-state index is -0.713.